The predicted octanol–water partition coefficient (Wildman–Crippen LogP) is 3.32. The lowest BCUT2D eigenvalue weighted by Crippen LogP contribution is -2.30. The summed E-state index contributed by atoms with van der Waals surface area (Å²) < 4.78 is 0. The number of rotatable bonds is 4. The van der Waals surface area contributed by atoms with Gasteiger partial charge in [0.05, 0.1) is 16.7 Å². The van der Waals surface area contributed by atoms with Crippen LogP contribution in [0.3, 0.4) is 0 Å². The third kappa shape index (κ3) is 2.89. The zero-order chi connectivity index (χ0) is 14.9. The van der Waals surface area contributed by atoms with E-state index in [4.69, 9.17) is 0 Å². The molecule has 2 aromatic heterocycles. The van der Waals surface area contributed by atoms with Crippen molar-refractivity contribution in [2.75, 3.05) is 11.9 Å². The number of thiophene rings is 1. The van der Waals surface area contributed by atoms with Crippen LogP contribution in [0, 0.1) is 6.92 Å². The van der Waals surface area contributed by atoms with Gasteiger partial charge >= 0.3 is 0 Å². The minimum atomic E-state index is -0.931. The molecule has 2 heterocycles. The van der Waals surface area contributed by atoms with Crippen molar-refractivity contribution < 1.29 is 5.11 Å². The molecule has 0 fully saturated rings. The summed E-state index contributed by atoms with van der Waals surface area (Å²) in [4.78, 5) is 9.11. The molecule has 1 atom stereocenters. The fourth-order valence-electron chi connectivity index (χ4n) is 2.18. The summed E-state index contributed by atoms with van der Waals surface area (Å²) in [6, 6.07) is 9.71. The van der Waals surface area contributed by atoms with Crippen molar-refractivity contribution in [3.63, 3.8) is 0 Å². The van der Waals surface area contributed by atoms with Gasteiger partial charge < -0.3 is 10.4 Å². The van der Waals surface area contributed by atoms with Gasteiger partial charge in [-0.25, -0.2) is 9.97 Å². The summed E-state index contributed by atoms with van der Waals surface area (Å²) in [6.07, 6.45) is 0. The van der Waals surface area contributed by atoms with Crippen LogP contribution in [0.5, 0.6) is 0 Å². The Labute approximate surface area is 127 Å². The van der Waals surface area contributed by atoms with Crippen LogP contribution in [-0.4, -0.2) is 21.6 Å². The number of hydrogen-bond donors (Lipinski definition) is 2. The molecule has 2 N–H and O–H groups in total. The molecule has 3 aromatic rings. The Hall–Kier alpha value is -1.98. The lowest BCUT2D eigenvalue weighted by atomic mass is 9.99. The number of benzene rings is 1. The quantitative estimate of drug-likeness (QED) is 0.776. The van der Waals surface area contributed by atoms with Gasteiger partial charge in [0.25, 0.3) is 0 Å². The third-order valence-corrected chi connectivity index (χ3v) is 4.17. The monoisotopic (exact) mass is 299 g/mol. The summed E-state index contributed by atoms with van der Waals surface area (Å²) in [6.45, 7) is 4.10. The highest BCUT2D eigenvalue weighted by atomic mass is 32.1. The van der Waals surface area contributed by atoms with Crippen molar-refractivity contribution in [1.29, 1.82) is 0 Å². The highest BCUT2D eigenvalue weighted by molar-refractivity contribution is 7.08. The maximum Gasteiger partial charge on any atom is 0.148 e. The van der Waals surface area contributed by atoms with Crippen LogP contribution < -0.4 is 5.32 Å². The predicted molar refractivity (Wildman–Crippen MR) is 86.7 cm³/mol. The average Bonchev–Trinajstić information content (AvgIpc) is 3.00. The number of nitrogens with one attached hydrogen (secondary N) is 1. The number of aryl methyl sites for hydroxylation is 1. The first kappa shape index (κ1) is 14.0. The molecule has 0 aliphatic carbocycles. The van der Waals surface area contributed by atoms with E-state index in [1.165, 1.54) is 0 Å². The minimum absolute atomic E-state index is 0.387. The summed E-state index contributed by atoms with van der Waals surface area (Å²) in [5, 5.41) is 17.7. The highest BCUT2D eigenvalue weighted by Crippen LogP contribution is 2.24. The number of anilines is 1. The average molecular weight is 299 g/mol. The number of aromatic nitrogens is 2. The number of fused-ring (bicyclic) bond motifs is 1. The fourth-order valence-corrected chi connectivity index (χ4v) is 2.97. The zero-order valence-corrected chi connectivity index (χ0v) is 12.8. The van der Waals surface area contributed by atoms with Crippen LogP contribution >= 0.6 is 11.3 Å². The van der Waals surface area contributed by atoms with Crippen molar-refractivity contribution in [1.82, 2.24) is 9.97 Å². The van der Waals surface area contributed by atoms with Crippen LogP contribution in [-0.2, 0) is 5.60 Å². The fraction of sp³-hybridized carbons (Fsp3) is 0.250. The summed E-state index contributed by atoms with van der Waals surface area (Å²) in [5.74, 6) is 0.712. The second-order valence-corrected chi connectivity index (χ2v) is 6.07. The van der Waals surface area contributed by atoms with Crippen molar-refractivity contribution in [2.24, 2.45) is 0 Å². The van der Waals surface area contributed by atoms with E-state index in [1.54, 1.807) is 18.3 Å². The van der Waals surface area contributed by atoms with Crippen LogP contribution in [0.4, 0.5) is 5.82 Å². The molecule has 0 bridgehead atoms. The Morgan fingerprint density at radius 2 is 1.90 bits per heavy atom. The first-order valence-corrected chi connectivity index (χ1v) is 7.73. The summed E-state index contributed by atoms with van der Waals surface area (Å²) in [5.41, 5.74) is 2.53. The minimum Gasteiger partial charge on any atom is -0.384 e. The van der Waals surface area contributed by atoms with Gasteiger partial charge in [0.2, 0.25) is 0 Å². The van der Waals surface area contributed by atoms with Crippen molar-refractivity contribution >= 4 is 28.2 Å². The number of hydrogen-bond acceptors (Lipinski definition) is 5. The van der Waals surface area contributed by atoms with Crippen molar-refractivity contribution in [3.05, 3.63) is 52.3 Å². The van der Waals surface area contributed by atoms with Gasteiger partial charge in [-0.2, -0.15) is 11.3 Å². The SMILES string of the molecule is Cc1nc2ccccc2nc1NCC(C)(O)c1ccsc1. The van der Waals surface area contributed by atoms with E-state index in [2.05, 4.69) is 15.3 Å². The number of nitrogens with zero attached hydrogens (tertiary/aromatic N) is 2. The van der Waals surface area contributed by atoms with Crippen LogP contribution in [0.2, 0.25) is 0 Å². The van der Waals surface area contributed by atoms with E-state index in [-0.39, 0.29) is 0 Å². The Bertz CT molecular complexity index is 753. The maximum atomic E-state index is 10.5. The molecule has 5 heteroatoms. The second-order valence-electron chi connectivity index (χ2n) is 5.29. The van der Waals surface area contributed by atoms with Crippen LogP contribution in [0.1, 0.15) is 18.2 Å². The maximum absolute atomic E-state index is 10.5. The smallest absolute Gasteiger partial charge is 0.148 e. The molecule has 0 spiro atoms. The highest BCUT2D eigenvalue weighted by Gasteiger charge is 2.23. The van der Waals surface area contributed by atoms with Crippen molar-refractivity contribution in [2.45, 2.75) is 19.4 Å². The number of para-hydroxylation sites is 2. The third-order valence-electron chi connectivity index (χ3n) is 3.49. The zero-order valence-electron chi connectivity index (χ0n) is 12.0. The molecule has 4 nitrogen and oxygen atoms in total. The van der Waals surface area contributed by atoms with E-state index in [0.29, 0.717) is 12.4 Å². The molecule has 0 saturated heterocycles. The van der Waals surface area contributed by atoms with Crippen molar-refractivity contribution in [3.8, 4) is 0 Å². The number of aliphatic hydroxyl groups is 1. The summed E-state index contributed by atoms with van der Waals surface area (Å²) >= 11 is 1.58. The standard InChI is InChI=1S/C16H17N3OS/c1-11-15(19-14-6-4-3-5-13(14)18-11)17-10-16(2,20)12-7-8-21-9-12/h3-9,20H,10H2,1-2H3,(H,17,19). The Morgan fingerprint density at radius 3 is 2.57 bits per heavy atom. The molecular weight excluding hydrogens is 282 g/mol. The Balaban J connectivity index is 1.83. The topological polar surface area (TPSA) is 58.0 Å². The van der Waals surface area contributed by atoms with Gasteiger partial charge in [0.1, 0.15) is 11.4 Å². The molecule has 21 heavy (non-hydrogen) atoms. The van der Waals surface area contributed by atoms with E-state index in [0.717, 1.165) is 22.3 Å². The first-order chi connectivity index (χ1) is 10.1. The molecular formula is C16H17N3OS. The van der Waals surface area contributed by atoms with E-state index in [1.807, 2.05) is 48.0 Å². The first-order valence-electron chi connectivity index (χ1n) is 6.78. The van der Waals surface area contributed by atoms with Crippen LogP contribution in [0.15, 0.2) is 41.1 Å². The molecule has 108 valence electrons. The Morgan fingerprint density at radius 1 is 1.19 bits per heavy atom. The molecule has 1 aromatic carbocycles. The van der Waals surface area contributed by atoms with Gasteiger partial charge in [0.15, 0.2) is 0 Å². The molecule has 3 rings (SSSR count). The van der Waals surface area contributed by atoms with E-state index in [9.17, 15) is 5.11 Å². The normalized spacial score (nSPS) is 14.0. The lowest BCUT2D eigenvalue weighted by molar-refractivity contribution is 0.0719. The molecule has 0 saturated carbocycles. The second kappa shape index (κ2) is 5.42. The largest absolute Gasteiger partial charge is 0.384 e. The van der Waals surface area contributed by atoms with Gasteiger partial charge in [-0.15, -0.1) is 0 Å². The molecule has 0 aliphatic heterocycles. The molecule has 0 aliphatic rings. The van der Waals surface area contributed by atoms with Gasteiger partial charge in [0, 0.05) is 6.54 Å². The van der Waals surface area contributed by atoms with Gasteiger partial charge in [-0.3, -0.25) is 0 Å². The molecule has 0 radical (unpaired) electrons. The molecule has 0 amide bonds. The summed E-state index contributed by atoms with van der Waals surface area (Å²) in [7, 11) is 0. The van der Waals surface area contributed by atoms with Crippen LogP contribution in [0.25, 0.3) is 11.0 Å². The Kier molecular flexibility index (Phi) is 3.61. The molecule has 1 unspecified atom stereocenters. The van der Waals surface area contributed by atoms with E-state index >= 15 is 0 Å². The van der Waals surface area contributed by atoms with E-state index < -0.39 is 5.60 Å². The van der Waals surface area contributed by atoms with Gasteiger partial charge in [-0.05, 0) is 48.4 Å². The van der Waals surface area contributed by atoms with Gasteiger partial charge in [-0.1, -0.05) is 12.1 Å². The lowest BCUT2D eigenvalue weighted by Gasteiger charge is -2.23.